The molecule has 0 aromatic heterocycles. The normalized spacial score (nSPS) is 13.7. The first-order valence-electron chi connectivity index (χ1n) is 8.59. The van der Waals surface area contributed by atoms with Crippen molar-refractivity contribution in [3.8, 4) is 5.75 Å². The number of carbonyl (C=O) groups is 1. The summed E-state index contributed by atoms with van der Waals surface area (Å²) in [7, 11) is 0. The van der Waals surface area contributed by atoms with Crippen LogP contribution in [-0.4, -0.2) is 24.7 Å². The molecule has 0 bridgehead atoms. The van der Waals surface area contributed by atoms with Gasteiger partial charge in [-0.3, -0.25) is 4.79 Å². The summed E-state index contributed by atoms with van der Waals surface area (Å²) in [6.45, 7) is 11.3. The van der Waals surface area contributed by atoms with Crippen LogP contribution in [0.25, 0.3) is 0 Å². The Bertz CT molecular complexity index is 470. The van der Waals surface area contributed by atoms with Gasteiger partial charge >= 0.3 is 0 Å². The number of anilines is 1. The molecule has 0 radical (unpaired) electrons. The highest BCUT2D eigenvalue weighted by Crippen LogP contribution is 2.23. The molecule has 0 aliphatic rings. The number of benzene rings is 1. The smallest absolute Gasteiger partial charge is 0.256 e. The molecule has 4 heteroatoms. The zero-order valence-corrected chi connectivity index (χ0v) is 15.1. The van der Waals surface area contributed by atoms with Crippen LogP contribution in [0, 0.1) is 5.92 Å². The van der Waals surface area contributed by atoms with Crippen LogP contribution in [-0.2, 0) is 9.53 Å². The number of amides is 1. The Hall–Kier alpha value is -1.55. The molecule has 0 fully saturated rings. The highest BCUT2D eigenvalue weighted by Gasteiger charge is 2.33. The minimum absolute atomic E-state index is 0.0938. The van der Waals surface area contributed by atoms with Crippen molar-refractivity contribution >= 4 is 11.6 Å². The van der Waals surface area contributed by atoms with Crippen LogP contribution in [0.5, 0.6) is 5.75 Å². The van der Waals surface area contributed by atoms with Crippen LogP contribution >= 0.6 is 0 Å². The third-order valence-corrected chi connectivity index (χ3v) is 3.65. The van der Waals surface area contributed by atoms with Gasteiger partial charge < -0.3 is 14.8 Å². The zero-order chi connectivity index (χ0) is 17.3. The van der Waals surface area contributed by atoms with Gasteiger partial charge in [0, 0.05) is 12.3 Å². The minimum Gasteiger partial charge on any atom is -0.493 e. The van der Waals surface area contributed by atoms with Gasteiger partial charge in [-0.1, -0.05) is 33.6 Å². The zero-order valence-electron chi connectivity index (χ0n) is 15.1. The van der Waals surface area contributed by atoms with Crippen molar-refractivity contribution in [1.82, 2.24) is 0 Å². The van der Waals surface area contributed by atoms with E-state index in [9.17, 15) is 4.79 Å². The molecule has 130 valence electrons. The molecular weight excluding hydrogens is 290 g/mol. The summed E-state index contributed by atoms with van der Waals surface area (Å²) in [5.74, 6) is 1.21. The van der Waals surface area contributed by atoms with Crippen molar-refractivity contribution in [2.45, 2.75) is 59.5 Å². The number of hydrogen-bond acceptors (Lipinski definition) is 3. The van der Waals surface area contributed by atoms with Gasteiger partial charge in [0.2, 0.25) is 0 Å². The van der Waals surface area contributed by atoms with Gasteiger partial charge in [0.25, 0.3) is 5.91 Å². The molecule has 1 atom stereocenters. The molecule has 1 rings (SSSR count). The summed E-state index contributed by atoms with van der Waals surface area (Å²) < 4.78 is 11.4. The standard InChI is InChI=1S/C19H31NO3/c1-6-8-13-19(5,23-7-2)18(21)20-16-9-11-17(12-10-16)22-14-15(3)4/h9-12,15H,6-8,13-14H2,1-5H3,(H,20,21). The topological polar surface area (TPSA) is 47.6 Å². The Morgan fingerprint density at radius 3 is 2.39 bits per heavy atom. The van der Waals surface area contributed by atoms with Gasteiger partial charge in [-0.25, -0.2) is 0 Å². The van der Waals surface area contributed by atoms with Gasteiger partial charge in [0.15, 0.2) is 0 Å². The van der Waals surface area contributed by atoms with Crippen LogP contribution in [0.2, 0.25) is 0 Å². The summed E-state index contributed by atoms with van der Waals surface area (Å²) in [5, 5.41) is 2.95. The molecule has 0 heterocycles. The highest BCUT2D eigenvalue weighted by atomic mass is 16.5. The maximum Gasteiger partial charge on any atom is 0.256 e. The highest BCUT2D eigenvalue weighted by molar-refractivity contribution is 5.97. The van der Waals surface area contributed by atoms with Crippen LogP contribution in [0.3, 0.4) is 0 Å². The first-order chi connectivity index (χ1) is 10.9. The Labute approximate surface area is 140 Å². The van der Waals surface area contributed by atoms with Gasteiger partial charge in [0.05, 0.1) is 6.61 Å². The molecule has 0 aliphatic heterocycles. The Morgan fingerprint density at radius 1 is 1.22 bits per heavy atom. The second-order valence-electron chi connectivity index (χ2n) is 6.45. The number of hydrogen-bond donors (Lipinski definition) is 1. The lowest BCUT2D eigenvalue weighted by Gasteiger charge is -2.28. The first kappa shape index (κ1) is 19.5. The lowest BCUT2D eigenvalue weighted by Crippen LogP contribution is -2.42. The van der Waals surface area contributed by atoms with E-state index < -0.39 is 5.60 Å². The molecule has 4 nitrogen and oxygen atoms in total. The fourth-order valence-corrected chi connectivity index (χ4v) is 2.24. The van der Waals surface area contributed by atoms with Crippen molar-refractivity contribution in [1.29, 1.82) is 0 Å². The van der Waals surface area contributed by atoms with Crippen LogP contribution < -0.4 is 10.1 Å². The maximum absolute atomic E-state index is 12.6. The van der Waals surface area contributed by atoms with Gasteiger partial charge in [0.1, 0.15) is 11.4 Å². The van der Waals surface area contributed by atoms with Crippen LogP contribution in [0.1, 0.15) is 53.9 Å². The number of rotatable bonds is 10. The Balaban J connectivity index is 2.67. The minimum atomic E-state index is -0.780. The van der Waals surface area contributed by atoms with Gasteiger partial charge in [-0.05, 0) is 50.5 Å². The summed E-state index contributed by atoms with van der Waals surface area (Å²) >= 11 is 0. The first-order valence-corrected chi connectivity index (χ1v) is 8.59. The lowest BCUT2D eigenvalue weighted by atomic mass is 9.97. The quantitative estimate of drug-likeness (QED) is 0.682. The summed E-state index contributed by atoms with van der Waals surface area (Å²) in [6.07, 6.45) is 2.72. The SMILES string of the molecule is CCCCC(C)(OCC)C(=O)Nc1ccc(OCC(C)C)cc1. The molecule has 0 saturated carbocycles. The molecule has 0 spiro atoms. The lowest BCUT2D eigenvalue weighted by molar-refractivity contribution is -0.139. The van der Waals surface area contributed by atoms with Crippen molar-refractivity contribution in [3.63, 3.8) is 0 Å². The van der Waals surface area contributed by atoms with Crippen LogP contribution in [0.4, 0.5) is 5.69 Å². The third kappa shape index (κ3) is 6.61. The summed E-state index contributed by atoms with van der Waals surface area (Å²) in [5.41, 5.74) is -0.0216. The van der Waals surface area contributed by atoms with Crippen LogP contribution in [0.15, 0.2) is 24.3 Å². The van der Waals surface area contributed by atoms with Crippen molar-refractivity contribution < 1.29 is 14.3 Å². The molecular formula is C19H31NO3. The predicted molar refractivity (Wildman–Crippen MR) is 95.0 cm³/mol. The second kappa shape index (κ2) is 9.56. The molecule has 1 unspecified atom stereocenters. The summed E-state index contributed by atoms with van der Waals surface area (Å²) in [6, 6.07) is 7.48. The molecule has 23 heavy (non-hydrogen) atoms. The fourth-order valence-electron chi connectivity index (χ4n) is 2.24. The van der Waals surface area contributed by atoms with E-state index in [0.29, 0.717) is 19.1 Å². The van der Waals surface area contributed by atoms with E-state index in [1.54, 1.807) is 0 Å². The predicted octanol–water partition coefficient (Wildman–Crippen LogP) is 4.65. The van der Waals surface area contributed by atoms with E-state index in [4.69, 9.17) is 9.47 Å². The van der Waals surface area contributed by atoms with Crippen molar-refractivity contribution in [2.24, 2.45) is 5.92 Å². The molecule has 0 aliphatic carbocycles. The third-order valence-electron chi connectivity index (χ3n) is 3.65. The largest absolute Gasteiger partial charge is 0.493 e. The molecule has 1 aromatic rings. The van der Waals surface area contributed by atoms with Crippen molar-refractivity contribution in [3.05, 3.63) is 24.3 Å². The fraction of sp³-hybridized carbons (Fsp3) is 0.632. The van der Waals surface area contributed by atoms with E-state index in [2.05, 4.69) is 26.1 Å². The number of nitrogens with one attached hydrogen (secondary N) is 1. The molecule has 1 aromatic carbocycles. The van der Waals surface area contributed by atoms with E-state index in [1.165, 1.54) is 0 Å². The Morgan fingerprint density at radius 2 is 1.87 bits per heavy atom. The van der Waals surface area contributed by atoms with E-state index >= 15 is 0 Å². The maximum atomic E-state index is 12.6. The Kier molecular flexibility index (Phi) is 8.10. The average molecular weight is 321 g/mol. The van der Waals surface area contributed by atoms with E-state index in [1.807, 2.05) is 38.1 Å². The molecule has 1 amide bonds. The van der Waals surface area contributed by atoms with Gasteiger partial charge in [-0.2, -0.15) is 0 Å². The van der Waals surface area contributed by atoms with E-state index in [-0.39, 0.29) is 5.91 Å². The summed E-state index contributed by atoms with van der Waals surface area (Å²) in [4.78, 5) is 12.6. The van der Waals surface area contributed by atoms with E-state index in [0.717, 1.165) is 30.7 Å². The number of carbonyl (C=O) groups excluding carboxylic acids is 1. The molecule has 1 N–H and O–H groups in total. The molecule has 0 saturated heterocycles. The van der Waals surface area contributed by atoms with Crippen molar-refractivity contribution in [2.75, 3.05) is 18.5 Å². The van der Waals surface area contributed by atoms with Gasteiger partial charge in [-0.15, -0.1) is 0 Å². The number of ether oxygens (including phenoxy) is 2. The number of unbranched alkanes of at least 4 members (excludes halogenated alkanes) is 1. The monoisotopic (exact) mass is 321 g/mol. The second-order valence-corrected chi connectivity index (χ2v) is 6.45. The average Bonchev–Trinajstić information content (AvgIpc) is 2.52.